The zero-order valence-corrected chi connectivity index (χ0v) is 22.5. The first-order chi connectivity index (χ1) is 18.7. The lowest BCUT2D eigenvalue weighted by molar-refractivity contribution is -0.116. The van der Waals surface area contributed by atoms with Gasteiger partial charge in [0.15, 0.2) is 5.71 Å². The summed E-state index contributed by atoms with van der Waals surface area (Å²) in [5.74, 6) is -0.634. The third-order valence-electron chi connectivity index (χ3n) is 6.35. The van der Waals surface area contributed by atoms with Gasteiger partial charge in [0.25, 0.3) is 11.8 Å². The number of rotatable bonds is 10. The lowest BCUT2D eigenvalue weighted by atomic mass is 10.1. The van der Waals surface area contributed by atoms with E-state index in [0.29, 0.717) is 64.0 Å². The van der Waals surface area contributed by atoms with Crippen LogP contribution in [0.1, 0.15) is 58.6 Å². The van der Waals surface area contributed by atoms with E-state index in [1.165, 1.54) is 6.21 Å². The van der Waals surface area contributed by atoms with Gasteiger partial charge in [-0.15, -0.1) is 5.10 Å². The van der Waals surface area contributed by atoms with Gasteiger partial charge in [-0.25, -0.2) is 0 Å². The fourth-order valence-corrected chi connectivity index (χ4v) is 4.49. The summed E-state index contributed by atoms with van der Waals surface area (Å²) >= 11 is 6.05. The van der Waals surface area contributed by atoms with Gasteiger partial charge < -0.3 is 26.7 Å². The molecule has 1 aliphatic rings. The van der Waals surface area contributed by atoms with Crippen LogP contribution in [0.15, 0.2) is 52.7 Å². The monoisotopic (exact) mass is 547 g/mol. The van der Waals surface area contributed by atoms with E-state index in [1.807, 2.05) is 26.0 Å². The van der Waals surface area contributed by atoms with Gasteiger partial charge in [-0.05, 0) is 62.6 Å². The summed E-state index contributed by atoms with van der Waals surface area (Å²) in [7, 11) is 0. The fourth-order valence-electron chi connectivity index (χ4n) is 4.31. The molecule has 3 aromatic rings. The summed E-state index contributed by atoms with van der Waals surface area (Å²) in [4.78, 5) is 40.3. The zero-order valence-electron chi connectivity index (χ0n) is 21.7. The molecule has 2 heterocycles. The number of para-hydroxylation sites is 2. The molecule has 39 heavy (non-hydrogen) atoms. The van der Waals surface area contributed by atoms with Crippen molar-refractivity contribution in [2.75, 3.05) is 22.9 Å². The van der Waals surface area contributed by atoms with E-state index in [4.69, 9.17) is 17.3 Å². The lowest BCUT2D eigenvalue weighted by Crippen LogP contribution is -2.25. The summed E-state index contributed by atoms with van der Waals surface area (Å²) in [5, 5.41) is 17.1. The maximum atomic E-state index is 12.8. The number of aromatic nitrogens is 1. The van der Waals surface area contributed by atoms with Crippen LogP contribution in [0.4, 0.5) is 17.1 Å². The molecule has 0 spiro atoms. The Morgan fingerprint density at radius 1 is 1.10 bits per heavy atom. The predicted octanol–water partition coefficient (Wildman–Crippen LogP) is 4.57. The smallest absolute Gasteiger partial charge is 0.276 e. The number of nitrogens with zero attached hydrogens (tertiary/aromatic N) is 2. The molecule has 0 bridgehead atoms. The highest BCUT2D eigenvalue weighted by Gasteiger charge is 2.26. The minimum atomic E-state index is -0.356. The Labute approximate surface area is 231 Å². The number of nitrogens with one attached hydrogen (secondary N) is 4. The number of anilines is 3. The van der Waals surface area contributed by atoms with Crippen LogP contribution in [0, 0.1) is 13.8 Å². The maximum Gasteiger partial charge on any atom is 0.276 e. The van der Waals surface area contributed by atoms with Gasteiger partial charge in [0, 0.05) is 29.2 Å². The van der Waals surface area contributed by atoms with Crippen LogP contribution in [0.3, 0.4) is 0 Å². The van der Waals surface area contributed by atoms with Crippen LogP contribution in [0.5, 0.6) is 0 Å². The van der Waals surface area contributed by atoms with Crippen molar-refractivity contribution in [3.63, 3.8) is 0 Å². The maximum absolute atomic E-state index is 12.8. The number of H-pyrrole nitrogens is 1. The number of aryl methyl sites for hydroxylation is 1. The SMILES string of the molecule is Cc1[nH]c(C=NN=C2C(=O)Nc3ccc(Cl)cc32)c(C)c1C(=O)NCCCCCC(=O)Nc1ccccc1N. The Morgan fingerprint density at radius 2 is 1.90 bits per heavy atom. The van der Waals surface area contributed by atoms with Gasteiger partial charge in [-0.3, -0.25) is 14.4 Å². The highest BCUT2D eigenvalue weighted by atomic mass is 35.5. The Bertz CT molecular complexity index is 1480. The number of nitrogens with two attached hydrogens (primary N) is 1. The summed E-state index contributed by atoms with van der Waals surface area (Å²) in [6.07, 6.45) is 4.10. The summed E-state index contributed by atoms with van der Waals surface area (Å²) in [6, 6.07) is 12.2. The average Bonchev–Trinajstić information content (AvgIpc) is 3.36. The third kappa shape index (κ3) is 6.71. The molecular formula is C28H30ClN7O3. The van der Waals surface area contributed by atoms with Crippen molar-refractivity contribution in [1.82, 2.24) is 10.3 Å². The highest BCUT2D eigenvalue weighted by molar-refractivity contribution is 6.54. The molecule has 2 aromatic carbocycles. The number of hydrogen-bond donors (Lipinski definition) is 5. The van der Waals surface area contributed by atoms with Gasteiger partial charge in [0.2, 0.25) is 5.91 Å². The number of amides is 3. The first-order valence-electron chi connectivity index (χ1n) is 12.6. The molecule has 0 fully saturated rings. The van der Waals surface area contributed by atoms with E-state index in [2.05, 4.69) is 31.1 Å². The Kier molecular flexibility index (Phi) is 8.77. The third-order valence-corrected chi connectivity index (χ3v) is 6.58. The quantitative estimate of drug-likeness (QED) is 0.109. The van der Waals surface area contributed by atoms with Crippen molar-refractivity contribution in [3.8, 4) is 0 Å². The number of hydrogen-bond acceptors (Lipinski definition) is 6. The summed E-state index contributed by atoms with van der Waals surface area (Å²) < 4.78 is 0. The van der Waals surface area contributed by atoms with Crippen molar-refractivity contribution in [3.05, 3.63) is 75.6 Å². The van der Waals surface area contributed by atoms with Crippen molar-refractivity contribution < 1.29 is 14.4 Å². The molecule has 0 saturated carbocycles. The Balaban J connectivity index is 1.26. The van der Waals surface area contributed by atoms with Gasteiger partial charge in [0.05, 0.1) is 34.5 Å². The van der Waals surface area contributed by atoms with E-state index < -0.39 is 0 Å². The predicted molar refractivity (Wildman–Crippen MR) is 155 cm³/mol. The van der Waals surface area contributed by atoms with Crippen molar-refractivity contribution in [1.29, 1.82) is 0 Å². The van der Waals surface area contributed by atoms with Crippen LogP contribution in [0.2, 0.25) is 5.02 Å². The minimum absolute atomic E-state index is 0.0867. The molecular weight excluding hydrogens is 518 g/mol. The van der Waals surface area contributed by atoms with E-state index >= 15 is 0 Å². The molecule has 202 valence electrons. The largest absolute Gasteiger partial charge is 0.397 e. The number of carbonyl (C=O) groups excluding carboxylic acids is 3. The molecule has 1 aromatic heterocycles. The van der Waals surface area contributed by atoms with Gasteiger partial charge in [0.1, 0.15) is 0 Å². The molecule has 0 aliphatic carbocycles. The van der Waals surface area contributed by atoms with Crippen molar-refractivity contribution in [2.24, 2.45) is 10.2 Å². The van der Waals surface area contributed by atoms with Crippen molar-refractivity contribution in [2.45, 2.75) is 39.5 Å². The molecule has 10 nitrogen and oxygen atoms in total. The van der Waals surface area contributed by atoms with Crippen LogP contribution >= 0.6 is 11.6 Å². The lowest BCUT2D eigenvalue weighted by Gasteiger charge is -2.08. The molecule has 0 atom stereocenters. The molecule has 1 aliphatic heterocycles. The van der Waals surface area contributed by atoms with E-state index in [-0.39, 0.29) is 23.4 Å². The number of carbonyl (C=O) groups is 3. The molecule has 0 unspecified atom stereocenters. The van der Waals surface area contributed by atoms with Crippen LogP contribution in [-0.4, -0.2) is 41.2 Å². The van der Waals surface area contributed by atoms with Crippen LogP contribution < -0.4 is 21.7 Å². The topological polar surface area (TPSA) is 154 Å². The van der Waals surface area contributed by atoms with Gasteiger partial charge in [-0.2, -0.15) is 5.10 Å². The Hall–Kier alpha value is -4.44. The van der Waals surface area contributed by atoms with Gasteiger partial charge in [-0.1, -0.05) is 30.2 Å². The molecule has 4 rings (SSSR count). The number of unbranched alkanes of at least 4 members (excludes halogenated alkanes) is 2. The number of benzene rings is 2. The Morgan fingerprint density at radius 3 is 2.69 bits per heavy atom. The normalized spacial score (nSPS) is 13.5. The number of halogens is 1. The second-order valence-electron chi connectivity index (χ2n) is 9.20. The first-order valence-corrected chi connectivity index (χ1v) is 13.0. The van der Waals surface area contributed by atoms with Gasteiger partial charge >= 0.3 is 0 Å². The van der Waals surface area contributed by atoms with Crippen LogP contribution in [0.25, 0.3) is 0 Å². The first kappa shape index (κ1) is 27.6. The second kappa shape index (κ2) is 12.4. The fraction of sp³-hybridized carbons (Fsp3) is 0.250. The summed E-state index contributed by atoms with van der Waals surface area (Å²) in [6.45, 7) is 4.12. The molecule has 0 saturated heterocycles. The van der Waals surface area contributed by atoms with Crippen LogP contribution in [-0.2, 0) is 9.59 Å². The van der Waals surface area contributed by atoms with Crippen molar-refractivity contribution >= 4 is 58.3 Å². The van der Waals surface area contributed by atoms with E-state index in [9.17, 15) is 14.4 Å². The molecule has 11 heteroatoms. The number of aromatic amines is 1. The number of nitrogen functional groups attached to an aromatic ring is 1. The molecule has 3 amide bonds. The number of fused-ring (bicyclic) bond motifs is 1. The second-order valence-corrected chi connectivity index (χ2v) is 9.64. The highest BCUT2D eigenvalue weighted by Crippen LogP contribution is 2.26. The minimum Gasteiger partial charge on any atom is -0.397 e. The zero-order chi connectivity index (χ0) is 27.9. The summed E-state index contributed by atoms with van der Waals surface area (Å²) in [5.41, 5.74) is 11.0. The molecule has 6 N–H and O–H groups in total. The van der Waals surface area contributed by atoms with E-state index in [1.54, 1.807) is 30.3 Å². The van der Waals surface area contributed by atoms with E-state index in [0.717, 1.165) is 18.4 Å². The molecule has 0 radical (unpaired) electrons. The standard InChI is InChI=1S/C28H30ClN7O3/c1-16-23(15-32-36-26-19-14-18(29)11-12-21(19)35-28(26)39)33-17(2)25(16)27(38)31-13-7-3-4-10-24(37)34-22-9-6-5-8-20(22)30/h5-6,8-9,11-12,14-15,33H,3-4,7,10,13,30H2,1-2H3,(H,31,38)(H,34,37)(H,35,36,39). The average molecular weight is 548 g/mol.